The van der Waals surface area contributed by atoms with Gasteiger partial charge in [0.05, 0.1) is 17.2 Å². The largest absolute Gasteiger partial charge is 0.393 e. The van der Waals surface area contributed by atoms with E-state index in [-0.39, 0.29) is 16.9 Å². The summed E-state index contributed by atoms with van der Waals surface area (Å²) in [4.78, 5) is 15.8. The van der Waals surface area contributed by atoms with E-state index in [1.807, 2.05) is 17.7 Å². The van der Waals surface area contributed by atoms with E-state index < -0.39 is 5.92 Å². The molecule has 0 aromatic carbocycles. The Labute approximate surface area is 100 Å². The molecule has 0 radical (unpaired) electrons. The fraction of sp³-hybridized carbons (Fsp3) is 0.500. The van der Waals surface area contributed by atoms with Crippen LogP contribution in [0.3, 0.4) is 0 Å². The second-order valence-corrected chi connectivity index (χ2v) is 4.26. The molecular formula is C10H16N4OS. The van der Waals surface area contributed by atoms with Gasteiger partial charge in [-0.1, -0.05) is 12.2 Å². The van der Waals surface area contributed by atoms with Crippen LogP contribution in [0.4, 0.5) is 0 Å². The molecule has 0 saturated heterocycles. The fourth-order valence-electron chi connectivity index (χ4n) is 1.25. The van der Waals surface area contributed by atoms with Gasteiger partial charge in [0.25, 0.3) is 0 Å². The lowest BCUT2D eigenvalue weighted by Gasteiger charge is -2.17. The average Bonchev–Trinajstić information content (AvgIpc) is 2.68. The molecular weight excluding hydrogens is 224 g/mol. The molecule has 3 N–H and O–H groups in total. The zero-order chi connectivity index (χ0) is 12.1. The molecule has 6 heteroatoms. The number of carbonyl (C=O) groups is 1. The van der Waals surface area contributed by atoms with Gasteiger partial charge >= 0.3 is 0 Å². The van der Waals surface area contributed by atoms with E-state index in [9.17, 15) is 4.79 Å². The second-order valence-electron chi connectivity index (χ2n) is 3.79. The number of nitrogens with one attached hydrogen (secondary N) is 1. The molecule has 16 heavy (non-hydrogen) atoms. The first-order valence-corrected chi connectivity index (χ1v) is 5.47. The number of nitrogens with zero attached hydrogens (tertiary/aromatic N) is 2. The van der Waals surface area contributed by atoms with Crippen molar-refractivity contribution < 1.29 is 4.79 Å². The van der Waals surface area contributed by atoms with Crippen molar-refractivity contribution in [3.63, 3.8) is 0 Å². The number of rotatable bonds is 5. The van der Waals surface area contributed by atoms with Crippen LogP contribution in [0.25, 0.3) is 0 Å². The van der Waals surface area contributed by atoms with E-state index in [2.05, 4.69) is 10.3 Å². The average molecular weight is 240 g/mol. The van der Waals surface area contributed by atoms with E-state index in [4.69, 9.17) is 18.0 Å². The quantitative estimate of drug-likeness (QED) is 0.727. The van der Waals surface area contributed by atoms with Crippen LogP contribution in [0.5, 0.6) is 0 Å². The number of imidazole rings is 1. The van der Waals surface area contributed by atoms with Gasteiger partial charge in [-0.2, -0.15) is 0 Å². The van der Waals surface area contributed by atoms with Gasteiger partial charge < -0.3 is 15.6 Å². The van der Waals surface area contributed by atoms with Crippen LogP contribution >= 0.6 is 12.2 Å². The summed E-state index contributed by atoms with van der Waals surface area (Å²) in [6, 6.07) is 0.0125. The van der Waals surface area contributed by atoms with Crippen LogP contribution in [0, 0.1) is 5.92 Å². The van der Waals surface area contributed by atoms with E-state index >= 15 is 0 Å². The van der Waals surface area contributed by atoms with Gasteiger partial charge in [-0.05, 0) is 13.8 Å². The number of thiocarbonyl (C=S) groups is 1. The molecule has 2 unspecified atom stereocenters. The Hall–Kier alpha value is -1.43. The molecule has 88 valence electrons. The normalized spacial score (nSPS) is 14.1. The first kappa shape index (κ1) is 12.6. The highest BCUT2D eigenvalue weighted by Crippen LogP contribution is 1.98. The summed E-state index contributed by atoms with van der Waals surface area (Å²) in [7, 11) is 0. The molecule has 0 spiro atoms. The third-order valence-corrected chi connectivity index (χ3v) is 2.61. The maximum absolute atomic E-state index is 11.6. The zero-order valence-electron chi connectivity index (χ0n) is 9.38. The minimum Gasteiger partial charge on any atom is -0.393 e. The smallest absolute Gasteiger partial charge is 0.229 e. The Balaban J connectivity index is 2.42. The second kappa shape index (κ2) is 5.60. The van der Waals surface area contributed by atoms with Crippen molar-refractivity contribution in [2.24, 2.45) is 11.7 Å². The van der Waals surface area contributed by atoms with Crippen LogP contribution in [0.1, 0.15) is 13.8 Å². The minimum atomic E-state index is -0.430. The van der Waals surface area contributed by atoms with E-state index in [0.29, 0.717) is 6.54 Å². The summed E-state index contributed by atoms with van der Waals surface area (Å²) in [5.74, 6) is -0.569. The zero-order valence-corrected chi connectivity index (χ0v) is 10.2. The lowest BCUT2D eigenvalue weighted by atomic mass is 10.1. The lowest BCUT2D eigenvalue weighted by molar-refractivity contribution is -0.123. The molecule has 0 aliphatic heterocycles. The molecule has 1 heterocycles. The van der Waals surface area contributed by atoms with Crippen molar-refractivity contribution in [2.45, 2.75) is 26.4 Å². The van der Waals surface area contributed by atoms with Gasteiger partial charge in [0.15, 0.2) is 0 Å². The fourth-order valence-corrected chi connectivity index (χ4v) is 1.36. The molecule has 1 rings (SSSR count). The molecule has 1 aromatic rings. The number of nitrogens with two attached hydrogens (primary N) is 1. The third kappa shape index (κ3) is 3.62. The van der Waals surface area contributed by atoms with Crippen LogP contribution in [0.15, 0.2) is 18.7 Å². The van der Waals surface area contributed by atoms with E-state index in [0.717, 1.165) is 0 Å². The molecule has 5 nitrogen and oxygen atoms in total. The number of carbonyl (C=O) groups excluding carboxylic acids is 1. The van der Waals surface area contributed by atoms with Crippen molar-refractivity contribution in [2.75, 3.05) is 0 Å². The number of hydrogen-bond acceptors (Lipinski definition) is 3. The first-order valence-electron chi connectivity index (χ1n) is 5.06. The minimum absolute atomic E-state index is 0.0125. The predicted molar refractivity (Wildman–Crippen MR) is 65.8 cm³/mol. The molecule has 1 amide bonds. The molecule has 0 fully saturated rings. The highest BCUT2D eigenvalue weighted by molar-refractivity contribution is 7.80. The number of hydrogen-bond donors (Lipinski definition) is 2. The van der Waals surface area contributed by atoms with Crippen molar-refractivity contribution in [1.82, 2.24) is 14.9 Å². The Bertz CT molecular complexity index is 363. The van der Waals surface area contributed by atoms with Crippen LogP contribution < -0.4 is 11.1 Å². The highest BCUT2D eigenvalue weighted by atomic mass is 32.1. The molecule has 1 aromatic heterocycles. The summed E-state index contributed by atoms with van der Waals surface area (Å²) in [6.45, 7) is 4.29. The Morgan fingerprint density at radius 3 is 2.81 bits per heavy atom. The summed E-state index contributed by atoms with van der Waals surface area (Å²) < 4.78 is 1.90. The standard InChI is InChI=1S/C10H16N4OS/c1-7(5-14-4-3-12-6-14)13-10(15)8(2)9(11)16/h3-4,6-8H,5H2,1-2H3,(H2,11,16)(H,13,15). The summed E-state index contributed by atoms with van der Waals surface area (Å²) in [6.07, 6.45) is 5.26. The van der Waals surface area contributed by atoms with Gasteiger partial charge in [0.1, 0.15) is 0 Å². The Morgan fingerprint density at radius 1 is 1.62 bits per heavy atom. The predicted octanol–water partition coefficient (Wildman–Crippen LogP) is 0.310. The van der Waals surface area contributed by atoms with Crippen molar-refractivity contribution >= 4 is 23.1 Å². The monoisotopic (exact) mass is 240 g/mol. The topological polar surface area (TPSA) is 72.9 Å². The van der Waals surface area contributed by atoms with Gasteiger partial charge in [-0.25, -0.2) is 4.98 Å². The van der Waals surface area contributed by atoms with Crippen LogP contribution in [0.2, 0.25) is 0 Å². The van der Waals surface area contributed by atoms with Gasteiger partial charge in [0, 0.05) is 25.0 Å². The maximum atomic E-state index is 11.6. The first-order chi connectivity index (χ1) is 7.50. The Kier molecular flexibility index (Phi) is 4.42. The summed E-state index contributed by atoms with van der Waals surface area (Å²) >= 11 is 4.76. The van der Waals surface area contributed by atoms with Crippen molar-refractivity contribution in [3.05, 3.63) is 18.7 Å². The molecule has 0 aliphatic carbocycles. The van der Waals surface area contributed by atoms with Gasteiger partial charge in [-0.3, -0.25) is 4.79 Å². The molecule has 2 atom stereocenters. The van der Waals surface area contributed by atoms with Crippen LogP contribution in [-0.4, -0.2) is 26.5 Å². The number of amides is 1. The summed E-state index contributed by atoms with van der Waals surface area (Å²) in [5.41, 5.74) is 5.40. The van der Waals surface area contributed by atoms with Crippen molar-refractivity contribution in [3.8, 4) is 0 Å². The van der Waals surface area contributed by atoms with Crippen LogP contribution in [-0.2, 0) is 11.3 Å². The maximum Gasteiger partial charge on any atom is 0.229 e. The van der Waals surface area contributed by atoms with E-state index in [1.54, 1.807) is 19.4 Å². The SMILES string of the molecule is CC(Cn1ccnc1)NC(=O)C(C)C(N)=S. The van der Waals surface area contributed by atoms with Crippen molar-refractivity contribution in [1.29, 1.82) is 0 Å². The molecule has 0 bridgehead atoms. The van der Waals surface area contributed by atoms with E-state index in [1.165, 1.54) is 0 Å². The summed E-state index contributed by atoms with van der Waals surface area (Å²) in [5, 5.41) is 2.84. The number of aromatic nitrogens is 2. The Morgan fingerprint density at radius 2 is 2.31 bits per heavy atom. The third-order valence-electron chi connectivity index (χ3n) is 2.25. The molecule has 0 saturated carbocycles. The lowest BCUT2D eigenvalue weighted by Crippen LogP contribution is -2.42. The van der Waals surface area contributed by atoms with Gasteiger partial charge in [0.2, 0.25) is 5.91 Å². The highest BCUT2D eigenvalue weighted by Gasteiger charge is 2.17. The molecule has 0 aliphatic rings. The van der Waals surface area contributed by atoms with Gasteiger partial charge in [-0.15, -0.1) is 0 Å².